The van der Waals surface area contributed by atoms with Gasteiger partial charge in [-0.3, -0.25) is 9.59 Å². The van der Waals surface area contributed by atoms with Crippen LogP contribution in [0.3, 0.4) is 0 Å². The number of aliphatic carboxylic acids is 2. The average Bonchev–Trinajstić information content (AvgIpc) is 0.784. The van der Waals surface area contributed by atoms with Crippen LogP contribution in [0.15, 0.2) is 124 Å². The van der Waals surface area contributed by atoms with Crippen molar-refractivity contribution in [3.8, 4) is 0 Å². The molecule has 3 heterocycles. The molecule has 0 bridgehead atoms. The number of likely N-dealkylation sites (N-methyl/N-ethyl adjacent to an activating group) is 3. The zero-order chi connectivity index (χ0) is 91.8. The van der Waals surface area contributed by atoms with Gasteiger partial charge in [-0.25, -0.2) is 44.3 Å². The van der Waals surface area contributed by atoms with Crippen LogP contribution in [0, 0.1) is 0 Å². The third kappa shape index (κ3) is 36.5. The summed E-state index contributed by atoms with van der Waals surface area (Å²) in [6, 6.07) is 32.1. The van der Waals surface area contributed by atoms with Gasteiger partial charge in [-0.05, 0) is 157 Å². The number of benzene rings is 6. The van der Waals surface area contributed by atoms with E-state index < -0.39 is 77.9 Å². The van der Waals surface area contributed by atoms with Gasteiger partial charge in [0.1, 0.15) is 6.10 Å². The molecule has 0 unspecified atom stereocenters. The summed E-state index contributed by atoms with van der Waals surface area (Å²) in [5.74, 6) is -4.77. The fourth-order valence-corrected chi connectivity index (χ4v) is 18.3. The lowest BCUT2D eigenvalue weighted by Crippen LogP contribution is -2.46. The lowest BCUT2D eigenvalue weighted by Gasteiger charge is -2.33. The van der Waals surface area contributed by atoms with Crippen molar-refractivity contribution in [1.29, 1.82) is 0 Å². The maximum absolute atomic E-state index is 12.8. The van der Waals surface area contributed by atoms with Gasteiger partial charge in [0.05, 0.1) is 126 Å². The van der Waals surface area contributed by atoms with Gasteiger partial charge in [0.15, 0.2) is 33.9 Å². The number of fused-ring (bicyclic) bond motifs is 3. The molecular formula is C84H115Cl6N7O25S3. The van der Waals surface area contributed by atoms with Crippen molar-refractivity contribution in [3.63, 3.8) is 0 Å². The summed E-state index contributed by atoms with van der Waals surface area (Å²) in [6.45, 7) is 13.5. The van der Waals surface area contributed by atoms with Crippen molar-refractivity contribution < 1.29 is 118 Å². The van der Waals surface area contributed by atoms with Crippen LogP contribution in [0.5, 0.6) is 0 Å². The summed E-state index contributed by atoms with van der Waals surface area (Å²) < 4.78 is 129. The lowest BCUT2D eigenvalue weighted by atomic mass is 9.85. The summed E-state index contributed by atoms with van der Waals surface area (Å²) >= 11 is 38.2. The van der Waals surface area contributed by atoms with Crippen LogP contribution < -0.4 is 20.5 Å². The number of aliphatic hydroxyl groups is 4. The summed E-state index contributed by atoms with van der Waals surface area (Å²) in [7, 11) is -3.02. The molecule has 0 radical (unpaired) electrons. The van der Waals surface area contributed by atoms with E-state index in [-0.39, 0.29) is 106 Å². The van der Waals surface area contributed by atoms with Crippen LogP contribution in [0.25, 0.3) is 0 Å². The van der Waals surface area contributed by atoms with E-state index in [0.29, 0.717) is 120 Å². The third-order valence-electron chi connectivity index (χ3n) is 19.7. The maximum Gasteiger partial charge on any atom is 0.335 e. The van der Waals surface area contributed by atoms with Gasteiger partial charge in [-0.1, -0.05) is 119 Å². The van der Waals surface area contributed by atoms with Crippen molar-refractivity contribution in [3.05, 3.63) is 189 Å². The van der Waals surface area contributed by atoms with Gasteiger partial charge < -0.3 is 99.0 Å². The Morgan fingerprint density at radius 2 is 0.752 bits per heavy atom. The number of hydrogen-bond acceptors (Lipinski definition) is 27. The molecule has 41 heteroatoms. The molecule has 3 aliphatic rings. The van der Waals surface area contributed by atoms with Crippen molar-refractivity contribution in [2.75, 3.05) is 192 Å². The minimum absolute atomic E-state index is 0.00844. The first-order valence-corrected chi connectivity index (χ1v) is 47.2. The van der Waals surface area contributed by atoms with E-state index in [1.54, 1.807) is 61.7 Å². The van der Waals surface area contributed by atoms with E-state index in [2.05, 4.69) is 29.5 Å². The quantitative estimate of drug-likeness (QED) is 0.0164. The number of ketones is 1. The largest absolute Gasteiger partial charge is 0.479 e. The van der Waals surface area contributed by atoms with Crippen LogP contribution in [-0.2, 0) is 111 Å². The van der Waals surface area contributed by atoms with Gasteiger partial charge in [0, 0.05) is 133 Å². The Morgan fingerprint density at radius 1 is 0.432 bits per heavy atom. The van der Waals surface area contributed by atoms with E-state index in [1.807, 2.05) is 82.7 Å². The second-order valence-corrected chi connectivity index (χ2v) is 37.5. The molecule has 6 aromatic rings. The third-order valence-corrected chi connectivity index (χ3v) is 26.1. The first-order chi connectivity index (χ1) is 59.5. The van der Waals surface area contributed by atoms with Crippen LogP contribution >= 0.6 is 69.6 Å². The highest BCUT2D eigenvalue weighted by molar-refractivity contribution is 7.91. The fourth-order valence-electron chi connectivity index (χ4n) is 13.3. The second kappa shape index (κ2) is 56.1. The first kappa shape index (κ1) is 108. The highest BCUT2D eigenvalue weighted by Crippen LogP contribution is 2.42. The average molecular weight is 1930 g/mol. The number of unbranched alkanes of at least 4 members (excludes halogenated alkanes) is 1. The molecule has 125 heavy (non-hydrogen) atoms. The molecule has 696 valence electrons. The van der Waals surface area contributed by atoms with Gasteiger partial charge in [0.25, 0.3) is 5.91 Å². The molecule has 0 spiro atoms. The number of hydrogen-bond donors (Lipinski definition) is 10. The number of halogens is 6. The van der Waals surface area contributed by atoms with E-state index in [0.717, 1.165) is 95.8 Å². The number of Topliss-reactive ketones (excluding diaryl/α,β-unsaturated/α-hetero) is 1. The number of sulfonamides is 2. The van der Waals surface area contributed by atoms with E-state index in [1.165, 1.54) is 0 Å². The van der Waals surface area contributed by atoms with Gasteiger partial charge in [-0.2, -0.15) is 0 Å². The minimum atomic E-state index is -3.72. The monoisotopic (exact) mass is 1930 g/mol. The maximum atomic E-state index is 12.8. The molecule has 6 aromatic carbocycles. The molecule has 11 N–H and O–H groups in total. The zero-order valence-electron chi connectivity index (χ0n) is 70.4. The number of aliphatic hydroxyl groups excluding tert-OH is 4. The summed E-state index contributed by atoms with van der Waals surface area (Å²) in [5.41, 5.74) is 14.7. The molecular weight excluding hydrogens is 1820 g/mol. The van der Waals surface area contributed by atoms with Crippen LogP contribution in [0.4, 0.5) is 0 Å². The predicted molar refractivity (Wildman–Crippen MR) is 475 cm³/mol. The number of carboxylic acid groups (broad SMARTS) is 2. The fraction of sp³-hybridized carbons (Fsp3) is 0.524. The molecule has 0 fully saturated rings. The minimum Gasteiger partial charge on any atom is -0.479 e. The smallest absolute Gasteiger partial charge is 0.335 e. The molecule has 1 amide bonds. The van der Waals surface area contributed by atoms with Crippen molar-refractivity contribution >= 4 is 123 Å². The van der Waals surface area contributed by atoms with Crippen molar-refractivity contribution in [2.24, 2.45) is 5.73 Å². The number of nitrogens with two attached hydrogens (primary N) is 1. The number of carbonyl (C=O) groups is 4. The SMILES string of the molecule is CCCCC(=O)[C@@H](O)[C@H](O)C(=O)NCCOCCOCCOCCNS(=O)(=O)c1ccc([C@@H]2CN(C)Cc3c(Cl)cc(Cl)cc32)cc1.CN1Cc2c(Cl)cc(Cl)cc2[C@H](c2ccc(S(=O)(=O)NCCOCCOCCOCCN)cc2)C1.COCCOCCOCCCS(=O)(=O)c1ccc([C@@H]2CN(C)Cc3c(Cl)cc(Cl)cc32)cc1.O=C(O)[C@@H](O)[C@H](O)C(=O)O. The highest BCUT2D eigenvalue weighted by atomic mass is 35.5. The summed E-state index contributed by atoms with van der Waals surface area (Å²) in [5, 5.41) is 58.3. The lowest BCUT2D eigenvalue weighted by molar-refractivity contribution is -0.165. The molecule has 9 rings (SSSR count). The molecule has 32 nitrogen and oxygen atoms in total. The highest BCUT2D eigenvalue weighted by Gasteiger charge is 2.34. The predicted octanol–water partition coefficient (Wildman–Crippen LogP) is 7.65. The van der Waals surface area contributed by atoms with Crippen molar-refractivity contribution in [2.45, 2.75) is 109 Å². The Hall–Kier alpha value is -5.77. The summed E-state index contributed by atoms with van der Waals surface area (Å²) in [4.78, 5) is 50.4. The van der Waals surface area contributed by atoms with Gasteiger partial charge in [-0.15, -0.1) is 0 Å². The van der Waals surface area contributed by atoms with Gasteiger partial charge in [0.2, 0.25) is 20.0 Å². The molecule has 0 saturated carbocycles. The van der Waals surface area contributed by atoms with Crippen LogP contribution in [0.1, 0.15) is 100 Å². The van der Waals surface area contributed by atoms with Gasteiger partial charge >= 0.3 is 11.9 Å². The Morgan fingerprint density at radius 3 is 1.09 bits per heavy atom. The van der Waals surface area contributed by atoms with Crippen molar-refractivity contribution in [1.82, 2.24) is 29.5 Å². The Balaban J connectivity index is 0.000000278. The normalized spacial score (nSPS) is 16.4. The molecule has 7 atom stereocenters. The Bertz CT molecular complexity index is 4680. The topological polar surface area (TPSA) is 447 Å². The molecule has 0 aromatic heterocycles. The number of nitrogens with one attached hydrogen (secondary N) is 3. The van der Waals surface area contributed by atoms with E-state index >= 15 is 0 Å². The molecule has 3 aliphatic heterocycles. The van der Waals surface area contributed by atoms with E-state index in [4.69, 9.17) is 138 Å². The van der Waals surface area contributed by atoms with E-state index in [9.17, 15) is 54.6 Å². The molecule has 0 aliphatic carbocycles. The Labute approximate surface area is 761 Å². The second-order valence-electron chi connectivity index (χ2n) is 29.3. The number of methoxy groups -OCH3 is 1. The number of carbonyl (C=O) groups excluding carboxylic acids is 2. The number of amides is 1. The van der Waals surface area contributed by atoms with Crippen LogP contribution in [0.2, 0.25) is 30.1 Å². The Kier molecular flexibility index (Phi) is 48.4. The number of carboxylic acids is 2. The number of ether oxygens (including phenoxy) is 9. The first-order valence-electron chi connectivity index (χ1n) is 40.3. The van der Waals surface area contributed by atoms with Crippen LogP contribution in [-0.4, -0.2) is 311 Å². The zero-order valence-corrected chi connectivity index (χ0v) is 77.4. The molecule has 0 saturated heterocycles. The summed E-state index contributed by atoms with van der Waals surface area (Å²) in [6.07, 6.45) is -6.22. The standard InChI is InChI=1S/C32H45Cl2N3O9S.C24H33Cl2N3O5S.C24H31Cl2NO5S.C4H6O6/c1-3-4-5-29(38)30(39)31(40)32(41)35-10-12-44-14-16-46-17-15-45-13-11-36-47(42,43)24-8-6-22(7-9-24)26-20-37(2)21-27-25(26)18-23(33)19-28(27)34;1-29-16-22(21-14-19(25)15-24(26)23(21)17-29)18-2-4-20(5-3-18)35(30,31)28-7-9-33-11-13-34-12-10-32-8-6-27;1-27-16-22(21-14-19(25)15-24(26)23(21)17-27)18-4-6-20(7-5-18)33(28,29)13-3-8-31-11-12-32-10-9-30-2;5-1(3(7)8)2(6)4(9)10/h6-9,18-19,26,30-31,36,39-40H,3-5,10-17,20-21H2,1-2H3,(H,35,41);2-5,14-15,22,28H,6-13,16-17,27H2,1H3;4-7,14-15,22H,3,8-13,16-17H2,1-2H3;1-2,5-6H,(H,7,8)(H,9,10)/t26-,30+,31-;2*22-;1-,2-/m0000/s1. The number of rotatable bonds is 50. The number of sulfone groups is 1. The number of nitrogens with zero attached hydrogens (tertiary/aromatic N) is 3.